The fourth-order valence-corrected chi connectivity index (χ4v) is 7.99. The first-order chi connectivity index (χ1) is 24.2. The summed E-state index contributed by atoms with van der Waals surface area (Å²) in [6, 6.07) is 22.8. The van der Waals surface area contributed by atoms with Gasteiger partial charge in [0.25, 0.3) is 5.56 Å². The maximum Gasteiger partial charge on any atom is 0.338 e. The first kappa shape index (κ1) is 37.6. The number of para-hydroxylation sites is 1. The van der Waals surface area contributed by atoms with Crippen LogP contribution in [-0.2, 0) is 18.9 Å². The second kappa shape index (κ2) is 15.5. The Kier molecular flexibility index (Phi) is 11.4. The molecule has 0 saturated carbocycles. The van der Waals surface area contributed by atoms with E-state index in [9.17, 15) is 14.4 Å². The number of carbonyl (C=O) groups is 2. The number of benzene rings is 3. The summed E-state index contributed by atoms with van der Waals surface area (Å²) in [4.78, 5) is 55.1. The predicted molar refractivity (Wildman–Crippen MR) is 206 cm³/mol. The summed E-state index contributed by atoms with van der Waals surface area (Å²) in [5.41, 5.74) is 1.89. The van der Waals surface area contributed by atoms with Crippen LogP contribution in [-0.4, -0.2) is 44.4 Å². The molecule has 0 fully saturated rings. The van der Waals surface area contributed by atoms with Gasteiger partial charge in [-0.15, -0.1) is 11.3 Å². The van der Waals surface area contributed by atoms with Crippen molar-refractivity contribution in [3.8, 4) is 11.4 Å². The van der Waals surface area contributed by atoms with Gasteiger partial charge in [0.05, 0.1) is 17.8 Å². The number of esters is 1. The van der Waals surface area contributed by atoms with Crippen LogP contribution in [0.2, 0.25) is 0 Å². The molecule has 5 aromatic rings. The van der Waals surface area contributed by atoms with Crippen molar-refractivity contribution in [3.63, 3.8) is 0 Å². The monoisotopic (exact) mass is 839 g/mol. The second-order valence-electron chi connectivity index (χ2n) is 10.7. The van der Waals surface area contributed by atoms with E-state index in [0.29, 0.717) is 31.9 Å². The molecule has 51 heavy (non-hydrogen) atoms. The van der Waals surface area contributed by atoms with Crippen LogP contribution in [0.3, 0.4) is 0 Å². The van der Waals surface area contributed by atoms with E-state index in [1.165, 1.54) is 41.3 Å². The molecular formula is C34H23Cl6N5O4S2. The van der Waals surface area contributed by atoms with Gasteiger partial charge in [0.15, 0.2) is 23.3 Å². The Balaban J connectivity index is 1.24. The lowest BCUT2D eigenvalue weighted by atomic mass is 10.1. The van der Waals surface area contributed by atoms with Crippen molar-refractivity contribution in [2.75, 3.05) is 18.1 Å². The third kappa shape index (κ3) is 8.42. The minimum absolute atomic E-state index is 0.00445. The van der Waals surface area contributed by atoms with Crippen LogP contribution < -0.4 is 19.7 Å². The number of hydrogen-bond donors (Lipinski definition) is 0. The highest BCUT2D eigenvalue weighted by molar-refractivity contribution is 8.08. The molecule has 3 aromatic carbocycles. The van der Waals surface area contributed by atoms with Crippen LogP contribution >= 0.6 is 92.7 Å². The van der Waals surface area contributed by atoms with E-state index in [1.807, 2.05) is 42.2 Å². The van der Waals surface area contributed by atoms with E-state index in [-0.39, 0.29) is 47.5 Å². The molecular weight excluding hydrogens is 819 g/mol. The maximum atomic E-state index is 13.7. The molecule has 0 unspecified atom stereocenters. The van der Waals surface area contributed by atoms with Crippen LogP contribution in [0.1, 0.15) is 39.3 Å². The Labute approximate surface area is 329 Å². The molecule has 1 aliphatic heterocycles. The van der Waals surface area contributed by atoms with E-state index in [1.54, 1.807) is 41.0 Å². The fraction of sp³-hybridized carbons (Fsp3) is 0.176. The number of rotatable bonds is 8. The lowest BCUT2D eigenvalue weighted by Gasteiger charge is -2.19. The third-order valence-corrected chi connectivity index (χ3v) is 10.9. The molecule has 17 heteroatoms. The van der Waals surface area contributed by atoms with E-state index in [4.69, 9.17) is 74.3 Å². The lowest BCUT2D eigenvalue weighted by Crippen LogP contribution is -2.35. The highest BCUT2D eigenvalue weighted by Gasteiger charge is 2.34. The molecule has 1 aliphatic rings. The maximum absolute atomic E-state index is 13.7. The van der Waals surface area contributed by atoms with Gasteiger partial charge in [0.1, 0.15) is 20.8 Å². The zero-order valence-electron chi connectivity index (χ0n) is 26.2. The number of carbonyl (C=O) groups excluding carboxylic acids is 2. The van der Waals surface area contributed by atoms with E-state index >= 15 is 0 Å². The van der Waals surface area contributed by atoms with E-state index < -0.39 is 13.6 Å². The average molecular weight is 842 g/mol. The molecule has 0 spiro atoms. The Morgan fingerprint density at radius 3 is 2.08 bits per heavy atom. The van der Waals surface area contributed by atoms with Crippen LogP contribution in [0.15, 0.2) is 88.6 Å². The molecule has 0 saturated heterocycles. The largest absolute Gasteiger partial charge is 0.460 e. The Hall–Kier alpha value is -3.13. The van der Waals surface area contributed by atoms with Crippen molar-refractivity contribution in [1.29, 1.82) is 0 Å². The molecule has 0 bridgehead atoms. The first-order valence-electron chi connectivity index (χ1n) is 15.0. The summed E-state index contributed by atoms with van der Waals surface area (Å²) < 4.78 is 4.26. The Bertz CT molecular complexity index is 2280. The van der Waals surface area contributed by atoms with Crippen molar-refractivity contribution in [2.24, 2.45) is 0 Å². The SMILES string of the molecule is CCn1c(=CC(=O)c2ccccc2)sc(=C2Sc3ccccc3N2CCOC(=O)c2ccc(-c3nc(C(Cl)(Cl)Cl)nc(C(Cl)(Cl)Cl)n3)cc2)c1=O. The van der Waals surface area contributed by atoms with Crippen molar-refractivity contribution >= 4 is 121 Å². The number of ketones is 1. The highest BCUT2D eigenvalue weighted by Crippen LogP contribution is 2.46. The van der Waals surface area contributed by atoms with Gasteiger partial charge < -0.3 is 9.64 Å². The highest BCUT2D eigenvalue weighted by atomic mass is 35.6. The van der Waals surface area contributed by atoms with Crippen LogP contribution in [0.25, 0.3) is 22.5 Å². The smallest absolute Gasteiger partial charge is 0.338 e. The van der Waals surface area contributed by atoms with Crippen molar-refractivity contribution < 1.29 is 14.3 Å². The van der Waals surface area contributed by atoms with Gasteiger partial charge in [0, 0.05) is 28.6 Å². The quantitative estimate of drug-likeness (QED) is 0.0886. The number of ether oxygens (including phenoxy) is 1. The predicted octanol–water partition coefficient (Wildman–Crippen LogP) is 7.63. The molecule has 0 amide bonds. The van der Waals surface area contributed by atoms with E-state index in [0.717, 1.165) is 10.6 Å². The Morgan fingerprint density at radius 1 is 0.824 bits per heavy atom. The van der Waals surface area contributed by atoms with Gasteiger partial charge >= 0.3 is 5.97 Å². The number of halogens is 6. The van der Waals surface area contributed by atoms with Crippen LogP contribution in [0, 0.1) is 0 Å². The summed E-state index contributed by atoms with van der Waals surface area (Å²) in [7, 11) is 0. The van der Waals surface area contributed by atoms with Gasteiger partial charge in [-0.05, 0) is 31.2 Å². The number of hydrogen-bond acceptors (Lipinski definition) is 10. The summed E-state index contributed by atoms with van der Waals surface area (Å²) in [5, 5.41) is 0.696. The van der Waals surface area contributed by atoms with Crippen molar-refractivity contribution in [1.82, 2.24) is 19.5 Å². The van der Waals surface area contributed by atoms with Crippen LogP contribution in [0.5, 0.6) is 0 Å². The van der Waals surface area contributed by atoms with Gasteiger partial charge in [-0.25, -0.2) is 19.7 Å². The number of anilines is 1. The third-order valence-electron chi connectivity index (χ3n) is 7.41. The standard InChI is InChI=1S/C34H23Cl6N5O4S2/c1-2-44-25(18-23(46)19-8-4-3-5-9-19)51-26(28(44)47)29-45(22-10-6-7-11-24(22)50-29)16-17-49-30(48)21-14-12-20(13-15-21)27-41-31(33(35,36)37)43-32(42-27)34(38,39)40/h3-15,18H,2,16-17H2,1H3. The molecule has 3 heterocycles. The summed E-state index contributed by atoms with van der Waals surface area (Å²) >= 11 is 38.6. The number of nitrogens with zero attached hydrogens (tertiary/aromatic N) is 5. The zero-order valence-corrected chi connectivity index (χ0v) is 32.3. The van der Waals surface area contributed by atoms with Gasteiger partial charge in [-0.1, -0.05) is 136 Å². The minimum atomic E-state index is -2.02. The normalized spacial score (nSPS) is 14.5. The number of thioether (sulfide) groups is 1. The number of thiazole rings is 1. The molecule has 0 N–H and O–H groups in total. The fourth-order valence-electron chi connectivity index (χ4n) is 5.02. The minimum Gasteiger partial charge on any atom is -0.460 e. The topological polar surface area (TPSA) is 107 Å². The number of alkyl halides is 6. The first-order valence-corrected chi connectivity index (χ1v) is 18.9. The summed E-state index contributed by atoms with van der Waals surface area (Å²) in [5.74, 6) is -1.20. The lowest BCUT2D eigenvalue weighted by molar-refractivity contribution is 0.0517. The van der Waals surface area contributed by atoms with Crippen LogP contribution in [0.4, 0.5) is 5.69 Å². The van der Waals surface area contributed by atoms with E-state index in [2.05, 4.69) is 15.0 Å². The molecule has 0 radical (unpaired) electrons. The average Bonchev–Trinajstić information content (AvgIpc) is 3.63. The number of aromatic nitrogens is 4. The second-order valence-corrected chi connectivity index (χ2v) is 17.4. The molecule has 6 rings (SSSR count). The number of fused-ring (bicyclic) bond motifs is 1. The molecule has 2 aromatic heterocycles. The van der Waals surface area contributed by atoms with Gasteiger partial charge in [0.2, 0.25) is 7.59 Å². The molecule has 9 nitrogen and oxygen atoms in total. The Morgan fingerprint density at radius 2 is 1.45 bits per heavy atom. The summed E-state index contributed by atoms with van der Waals surface area (Å²) in [6.07, 6.45) is 1.50. The molecule has 0 atom stereocenters. The zero-order chi connectivity index (χ0) is 36.5. The van der Waals surface area contributed by atoms with Gasteiger partial charge in [-0.2, -0.15) is 0 Å². The van der Waals surface area contributed by atoms with Gasteiger partial charge in [-0.3, -0.25) is 14.2 Å². The van der Waals surface area contributed by atoms with Crippen molar-refractivity contribution in [3.05, 3.63) is 121 Å². The molecule has 262 valence electrons. The van der Waals surface area contributed by atoms with Crippen molar-refractivity contribution in [2.45, 2.75) is 25.9 Å². The summed E-state index contributed by atoms with van der Waals surface area (Å²) in [6.45, 7) is 2.52. The number of Topliss-reactive ketones (excluding diaryl/α,β-unsaturated/α-hetero) is 1. The molecule has 0 aliphatic carbocycles.